The van der Waals surface area contributed by atoms with Crippen molar-refractivity contribution in [2.45, 2.75) is 19.5 Å². The van der Waals surface area contributed by atoms with E-state index in [0.29, 0.717) is 12.6 Å². The van der Waals surface area contributed by atoms with Gasteiger partial charge in [-0.25, -0.2) is 0 Å². The first kappa shape index (κ1) is 21.1. The third-order valence-corrected chi connectivity index (χ3v) is 3.41. The highest BCUT2D eigenvalue weighted by Gasteiger charge is 2.10. The van der Waals surface area contributed by atoms with E-state index in [4.69, 9.17) is 4.74 Å². The van der Waals surface area contributed by atoms with Gasteiger partial charge in [0.05, 0.1) is 6.61 Å². The summed E-state index contributed by atoms with van der Waals surface area (Å²) < 4.78 is 5.01. The van der Waals surface area contributed by atoms with E-state index in [1.54, 1.807) is 14.2 Å². The first-order chi connectivity index (χ1) is 10.2. The van der Waals surface area contributed by atoms with Gasteiger partial charge in [0.25, 0.3) is 0 Å². The molecule has 0 saturated heterocycles. The highest BCUT2D eigenvalue weighted by atomic mass is 127. The van der Waals surface area contributed by atoms with Gasteiger partial charge in [0.1, 0.15) is 0 Å². The number of hydrogen-bond acceptors (Lipinski definition) is 3. The lowest BCUT2D eigenvalue weighted by Gasteiger charge is -2.25. The summed E-state index contributed by atoms with van der Waals surface area (Å²) in [6, 6.07) is 10.9. The number of likely N-dealkylation sites (N-methyl/N-ethyl adjacent to an activating group) is 1. The van der Waals surface area contributed by atoms with Gasteiger partial charge in [0.2, 0.25) is 0 Å². The molecular formula is C16H29IN4O. The van der Waals surface area contributed by atoms with Gasteiger partial charge in [-0.2, -0.15) is 0 Å². The highest BCUT2D eigenvalue weighted by Crippen LogP contribution is 2.05. The summed E-state index contributed by atoms with van der Waals surface area (Å²) in [6.45, 7) is 5.42. The number of ether oxygens (including phenoxy) is 1. The second kappa shape index (κ2) is 12.7. The Balaban J connectivity index is 0.00000441. The number of benzene rings is 1. The van der Waals surface area contributed by atoms with Crippen LogP contribution in [0.15, 0.2) is 35.3 Å². The monoisotopic (exact) mass is 420 g/mol. The summed E-state index contributed by atoms with van der Waals surface area (Å²) in [6.07, 6.45) is 0. The number of rotatable bonds is 8. The fourth-order valence-corrected chi connectivity index (χ4v) is 1.92. The zero-order chi connectivity index (χ0) is 15.5. The lowest BCUT2D eigenvalue weighted by Crippen LogP contribution is -2.45. The van der Waals surface area contributed by atoms with E-state index in [1.807, 2.05) is 6.07 Å². The van der Waals surface area contributed by atoms with Crippen LogP contribution in [0.5, 0.6) is 0 Å². The standard InChI is InChI=1S/C16H28N4O.HI/c1-14(12-19-16(17-2)18-10-11-21-4)20(3)13-15-8-6-5-7-9-15;/h5-9,14H,10-13H2,1-4H3,(H2,17,18,19);1H. The lowest BCUT2D eigenvalue weighted by atomic mass is 10.2. The van der Waals surface area contributed by atoms with E-state index < -0.39 is 0 Å². The Kier molecular flexibility index (Phi) is 12.2. The molecule has 1 aromatic carbocycles. The van der Waals surface area contributed by atoms with Crippen LogP contribution in [0.1, 0.15) is 12.5 Å². The molecule has 0 fully saturated rings. The van der Waals surface area contributed by atoms with Crippen LogP contribution < -0.4 is 10.6 Å². The number of nitrogens with one attached hydrogen (secondary N) is 2. The van der Waals surface area contributed by atoms with Crippen molar-refractivity contribution in [3.05, 3.63) is 35.9 Å². The maximum Gasteiger partial charge on any atom is 0.191 e. The van der Waals surface area contributed by atoms with E-state index >= 15 is 0 Å². The molecule has 0 radical (unpaired) electrons. The van der Waals surface area contributed by atoms with Gasteiger partial charge in [0, 0.05) is 39.8 Å². The fourth-order valence-electron chi connectivity index (χ4n) is 1.92. The number of methoxy groups -OCH3 is 1. The third kappa shape index (κ3) is 8.55. The Morgan fingerprint density at radius 3 is 2.55 bits per heavy atom. The van der Waals surface area contributed by atoms with Gasteiger partial charge in [-0.15, -0.1) is 24.0 Å². The molecule has 2 N–H and O–H groups in total. The molecule has 0 aliphatic carbocycles. The predicted molar refractivity (Wildman–Crippen MR) is 104 cm³/mol. The zero-order valence-electron chi connectivity index (χ0n) is 14.0. The molecule has 5 nitrogen and oxygen atoms in total. The summed E-state index contributed by atoms with van der Waals surface area (Å²) in [5.41, 5.74) is 1.33. The molecule has 22 heavy (non-hydrogen) atoms. The molecule has 1 rings (SSSR count). The van der Waals surface area contributed by atoms with Crippen molar-refractivity contribution in [2.75, 3.05) is 40.9 Å². The molecule has 0 amide bonds. The molecular weight excluding hydrogens is 391 g/mol. The zero-order valence-corrected chi connectivity index (χ0v) is 16.3. The normalized spacial score (nSPS) is 12.7. The van der Waals surface area contributed by atoms with Crippen LogP contribution in [0, 0.1) is 0 Å². The van der Waals surface area contributed by atoms with Crippen LogP contribution in [0.4, 0.5) is 0 Å². The molecule has 0 aliphatic rings. The first-order valence-electron chi connectivity index (χ1n) is 7.35. The van der Waals surface area contributed by atoms with E-state index in [-0.39, 0.29) is 24.0 Å². The predicted octanol–water partition coefficient (Wildman–Crippen LogP) is 1.94. The second-order valence-electron chi connectivity index (χ2n) is 5.12. The van der Waals surface area contributed by atoms with Gasteiger partial charge in [0.15, 0.2) is 5.96 Å². The molecule has 0 heterocycles. The smallest absolute Gasteiger partial charge is 0.191 e. The topological polar surface area (TPSA) is 48.9 Å². The van der Waals surface area contributed by atoms with E-state index in [9.17, 15) is 0 Å². The second-order valence-corrected chi connectivity index (χ2v) is 5.12. The van der Waals surface area contributed by atoms with Crippen molar-refractivity contribution >= 4 is 29.9 Å². The van der Waals surface area contributed by atoms with Crippen LogP contribution >= 0.6 is 24.0 Å². The summed E-state index contributed by atoms with van der Waals surface area (Å²) >= 11 is 0. The highest BCUT2D eigenvalue weighted by molar-refractivity contribution is 14.0. The molecule has 126 valence electrons. The lowest BCUT2D eigenvalue weighted by molar-refractivity contribution is 0.203. The minimum absolute atomic E-state index is 0. The minimum Gasteiger partial charge on any atom is -0.383 e. The molecule has 6 heteroatoms. The number of guanidine groups is 1. The average molecular weight is 420 g/mol. The average Bonchev–Trinajstić information content (AvgIpc) is 2.51. The van der Waals surface area contributed by atoms with Gasteiger partial charge in [-0.05, 0) is 19.5 Å². The van der Waals surface area contributed by atoms with Gasteiger partial charge in [-0.3, -0.25) is 9.89 Å². The van der Waals surface area contributed by atoms with Gasteiger partial charge in [-0.1, -0.05) is 30.3 Å². The number of aliphatic imine (C=N–C) groups is 1. The first-order valence-corrected chi connectivity index (χ1v) is 7.35. The van der Waals surface area contributed by atoms with Crippen molar-refractivity contribution < 1.29 is 4.74 Å². The van der Waals surface area contributed by atoms with Crippen LogP contribution in [-0.4, -0.2) is 57.8 Å². The number of nitrogens with zero attached hydrogens (tertiary/aromatic N) is 2. The molecule has 0 aromatic heterocycles. The van der Waals surface area contributed by atoms with Crippen LogP contribution in [0.3, 0.4) is 0 Å². The van der Waals surface area contributed by atoms with Crippen molar-refractivity contribution in [1.82, 2.24) is 15.5 Å². The Labute approximate surface area is 151 Å². The van der Waals surface area contributed by atoms with Crippen molar-refractivity contribution in [3.8, 4) is 0 Å². The largest absolute Gasteiger partial charge is 0.383 e. The van der Waals surface area contributed by atoms with Crippen LogP contribution in [-0.2, 0) is 11.3 Å². The maximum atomic E-state index is 5.01. The van der Waals surface area contributed by atoms with E-state index in [2.05, 4.69) is 58.8 Å². The summed E-state index contributed by atoms with van der Waals surface area (Å²) in [5.74, 6) is 0.812. The Morgan fingerprint density at radius 1 is 1.27 bits per heavy atom. The minimum atomic E-state index is 0. The third-order valence-electron chi connectivity index (χ3n) is 3.41. The van der Waals surface area contributed by atoms with E-state index in [0.717, 1.165) is 25.6 Å². The Hall–Kier alpha value is -0.860. The van der Waals surface area contributed by atoms with Crippen molar-refractivity contribution in [1.29, 1.82) is 0 Å². The Bertz CT molecular complexity index is 414. The molecule has 0 aliphatic heterocycles. The summed E-state index contributed by atoms with van der Waals surface area (Å²) in [7, 11) is 5.61. The van der Waals surface area contributed by atoms with E-state index in [1.165, 1.54) is 5.56 Å². The number of hydrogen-bond donors (Lipinski definition) is 2. The molecule has 0 bridgehead atoms. The van der Waals surface area contributed by atoms with Crippen molar-refractivity contribution in [2.24, 2.45) is 4.99 Å². The van der Waals surface area contributed by atoms with Gasteiger partial charge >= 0.3 is 0 Å². The quantitative estimate of drug-likeness (QED) is 0.292. The van der Waals surface area contributed by atoms with Crippen LogP contribution in [0.25, 0.3) is 0 Å². The maximum absolute atomic E-state index is 5.01. The van der Waals surface area contributed by atoms with Gasteiger partial charge < -0.3 is 15.4 Å². The van der Waals surface area contributed by atoms with Crippen molar-refractivity contribution in [3.63, 3.8) is 0 Å². The fraction of sp³-hybridized carbons (Fsp3) is 0.562. The molecule has 1 unspecified atom stereocenters. The molecule has 1 aromatic rings. The molecule has 0 saturated carbocycles. The summed E-state index contributed by atoms with van der Waals surface area (Å²) in [5, 5.41) is 6.55. The Morgan fingerprint density at radius 2 is 1.95 bits per heavy atom. The SMILES string of the molecule is CN=C(NCCOC)NCC(C)N(C)Cc1ccccc1.I. The molecule has 0 spiro atoms. The van der Waals surface area contributed by atoms with Crippen LogP contribution in [0.2, 0.25) is 0 Å². The summed E-state index contributed by atoms with van der Waals surface area (Å²) in [4.78, 5) is 6.52. The number of halogens is 1. The molecule has 1 atom stereocenters.